The maximum Gasteiger partial charge on any atom is 0.225 e. The summed E-state index contributed by atoms with van der Waals surface area (Å²) in [4.78, 5) is 4.16. The highest BCUT2D eigenvalue weighted by Crippen LogP contribution is 2.30. The van der Waals surface area contributed by atoms with E-state index in [0.29, 0.717) is 11.4 Å². The van der Waals surface area contributed by atoms with Crippen molar-refractivity contribution in [3.8, 4) is 11.6 Å². The Hall–Kier alpha value is -1.39. The zero-order valence-corrected chi connectivity index (χ0v) is 11.8. The van der Waals surface area contributed by atoms with Crippen molar-refractivity contribution in [1.82, 2.24) is 4.98 Å². The van der Waals surface area contributed by atoms with Crippen molar-refractivity contribution < 1.29 is 9.84 Å². The zero-order chi connectivity index (χ0) is 13.1. The highest BCUT2D eigenvalue weighted by atomic mass is 79.9. The van der Waals surface area contributed by atoms with Gasteiger partial charge in [-0.1, -0.05) is 15.9 Å². The third-order valence-electron chi connectivity index (χ3n) is 2.59. The van der Waals surface area contributed by atoms with E-state index < -0.39 is 6.10 Å². The zero-order valence-electron chi connectivity index (χ0n) is 10.2. The number of aliphatic hydroxyl groups excluding tert-OH is 1. The summed E-state index contributed by atoms with van der Waals surface area (Å²) in [5.74, 6) is 1.18. The van der Waals surface area contributed by atoms with Crippen LogP contribution >= 0.6 is 15.9 Å². The molecule has 0 saturated carbocycles. The number of benzene rings is 1. The van der Waals surface area contributed by atoms with Crippen LogP contribution in [0.3, 0.4) is 0 Å². The Morgan fingerprint density at radius 3 is 2.78 bits per heavy atom. The Morgan fingerprint density at radius 2 is 2.11 bits per heavy atom. The van der Waals surface area contributed by atoms with Gasteiger partial charge in [-0.25, -0.2) is 4.98 Å². The Balaban J connectivity index is 2.34. The SMILES string of the molecule is Cc1cc(Br)ccc1Oc1ncccc1C(C)O. The lowest BCUT2D eigenvalue weighted by Crippen LogP contribution is -1.98. The number of nitrogens with zero attached hydrogens (tertiary/aromatic N) is 1. The second-order valence-electron chi connectivity index (χ2n) is 4.09. The molecule has 0 amide bonds. The minimum atomic E-state index is -0.607. The van der Waals surface area contributed by atoms with E-state index in [2.05, 4.69) is 20.9 Å². The van der Waals surface area contributed by atoms with Gasteiger partial charge < -0.3 is 9.84 Å². The lowest BCUT2D eigenvalue weighted by Gasteiger charge is -2.13. The summed E-state index contributed by atoms with van der Waals surface area (Å²) in [6.45, 7) is 3.66. The van der Waals surface area contributed by atoms with Crippen molar-refractivity contribution in [2.45, 2.75) is 20.0 Å². The molecular formula is C14H14BrNO2. The average molecular weight is 308 g/mol. The van der Waals surface area contributed by atoms with Crippen LogP contribution in [0.15, 0.2) is 41.0 Å². The Kier molecular flexibility index (Phi) is 3.99. The molecule has 0 fully saturated rings. The average Bonchev–Trinajstić information content (AvgIpc) is 2.33. The Labute approximate surface area is 115 Å². The van der Waals surface area contributed by atoms with Crippen LogP contribution in [0.5, 0.6) is 11.6 Å². The predicted octanol–water partition coefficient (Wildman–Crippen LogP) is 4.00. The molecule has 0 aliphatic carbocycles. The van der Waals surface area contributed by atoms with Crippen molar-refractivity contribution in [2.24, 2.45) is 0 Å². The number of halogens is 1. The van der Waals surface area contributed by atoms with Crippen LogP contribution in [0, 0.1) is 6.92 Å². The maximum absolute atomic E-state index is 9.67. The molecule has 0 bridgehead atoms. The van der Waals surface area contributed by atoms with E-state index in [1.54, 1.807) is 25.3 Å². The summed E-state index contributed by atoms with van der Waals surface area (Å²) >= 11 is 3.41. The van der Waals surface area contributed by atoms with Crippen LogP contribution in [0.25, 0.3) is 0 Å². The Bertz CT molecular complexity index is 555. The molecule has 1 N–H and O–H groups in total. The lowest BCUT2D eigenvalue weighted by atomic mass is 10.2. The molecule has 0 aliphatic heterocycles. The van der Waals surface area contributed by atoms with Crippen molar-refractivity contribution in [3.63, 3.8) is 0 Å². The molecule has 1 atom stereocenters. The van der Waals surface area contributed by atoms with Gasteiger partial charge in [-0.2, -0.15) is 0 Å². The van der Waals surface area contributed by atoms with Crippen molar-refractivity contribution in [2.75, 3.05) is 0 Å². The van der Waals surface area contributed by atoms with E-state index in [1.165, 1.54) is 0 Å². The minimum Gasteiger partial charge on any atom is -0.438 e. The molecule has 1 unspecified atom stereocenters. The molecule has 2 aromatic rings. The fourth-order valence-corrected chi connectivity index (χ4v) is 2.11. The van der Waals surface area contributed by atoms with Crippen molar-refractivity contribution in [1.29, 1.82) is 0 Å². The number of ether oxygens (including phenoxy) is 1. The van der Waals surface area contributed by atoms with Gasteiger partial charge in [0.2, 0.25) is 5.88 Å². The second-order valence-corrected chi connectivity index (χ2v) is 5.00. The number of rotatable bonds is 3. The van der Waals surface area contributed by atoms with Gasteiger partial charge in [-0.05, 0) is 49.7 Å². The topological polar surface area (TPSA) is 42.4 Å². The van der Waals surface area contributed by atoms with Gasteiger partial charge in [0.15, 0.2) is 0 Å². The molecule has 0 aliphatic rings. The molecule has 3 nitrogen and oxygen atoms in total. The van der Waals surface area contributed by atoms with Crippen LogP contribution in [0.1, 0.15) is 24.2 Å². The van der Waals surface area contributed by atoms with E-state index in [1.807, 2.05) is 25.1 Å². The first-order chi connectivity index (χ1) is 8.58. The highest BCUT2D eigenvalue weighted by Gasteiger charge is 2.11. The highest BCUT2D eigenvalue weighted by molar-refractivity contribution is 9.10. The van der Waals surface area contributed by atoms with Gasteiger partial charge in [-0.3, -0.25) is 0 Å². The summed E-state index contributed by atoms with van der Waals surface area (Å²) in [5, 5.41) is 9.67. The molecule has 0 saturated heterocycles. The standard InChI is InChI=1S/C14H14BrNO2/c1-9-8-11(15)5-6-13(9)18-14-12(10(2)17)4-3-7-16-14/h3-8,10,17H,1-2H3. The first-order valence-corrected chi connectivity index (χ1v) is 6.44. The first kappa shape index (κ1) is 13.1. The summed E-state index contributed by atoms with van der Waals surface area (Å²) in [7, 11) is 0. The molecule has 4 heteroatoms. The van der Waals surface area contributed by atoms with E-state index in [9.17, 15) is 5.11 Å². The molecule has 1 heterocycles. The Morgan fingerprint density at radius 1 is 1.33 bits per heavy atom. The van der Waals surface area contributed by atoms with Crippen LogP contribution in [-0.2, 0) is 0 Å². The fraction of sp³-hybridized carbons (Fsp3) is 0.214. The summed E-state index contributed by atoms with van der Waals surface area (Å²) in [6, 6.07) is 9.35. The van der Waals surface area contributed by atoms with Gasteiger partial charge in [-0.15, -0.1) is 0 Å². The van der Waals surface area contributed by atoms with Gasteiger partial charge in [0, 0.05) is 16.2 Å². The minimum absolute atomic E-state index is 0.443. The molecular weight excluding hydrogens is 294 g/mol. The van der Waals surface area contributed by atoms with Gasteiger partial charge in [0.1, 0.15) is 5.75 Å². The number of aryl methyl sites for hydroxylation is 1. The second kappa shape index (κ2) is 5.50. The quantitative estimate of drug-likeness (QED) is 0.932. The third-order valence-corrected chi connectivity index (χ3v) is 3.09. The largest absolute Gasteiger partial charge is 0.438 e. The third kappa shape index (κ3) is 2.89. The maximum atomic E-state index is 9.67. The van der Waals surface area contributed by atoms with E-state index in [4.69, 9.17) is 4.74 Å². The molecule has 1 aromatic carbocycles. The van der Waals surface area contributed by atoms with Crippen LogP contribution in [0.2, 0.25) is 0 Å². The van der Waals surface area contributed by atoms with E-state index in [0.717, 1.165) is 15.8 Å². The molecule has 18 heavy (non-hydrogen) atoms. The molecule has 1 aromatic heterocycles. The van der Waals surface area contributed by atoms with Crippen LogP contribution in [0.4, 0.5) is 0 Å². The van der Waals surface area contributed by atoms with Crippen LogP contribution in [-0.4, -0.2) is 10.1 Å². The predicted molar refractivity (Wildman–Crippen MR) is 73.8 cm³/mol. The van der Waals surface area contributed by atoms with Gasteiger partial charge in [0.25, 0.3) is 0 Å². The van der Waals surface area contributed by atoms with E-state index >= 15 is 0 Å². The summed E-state index contributed by atoms with van der Waals surface area (Å²) in [5.41, 5.74) is 1.69. The summed E-state index contributed by atoms with van der Waals surface area (Å²) in [6.07, 6.45) is 1.04. The van der Waals surface area contributed by atoms with Crippen molar-refractivity contribution >= 4 is 15.9 Å². The molecule has 94 valence electrons. The number of hydrogen-bond acceptors (Lipinski definition) is 3. The van der Waals surface area contributed by atoms with Gasteiger partial charge >= 0.3 is 0 Å². The normalized spacial score (nSPS) is 12.2. The summed E-state index contributed by atoms with van der Waals surface area (Å²) < 4.78 is 6.77. The number of pyridine rings is 1. The molecule has 0 spiro atoms. The van der Waals surface area contributed by atoms with Crippen molar-refractivity contribution in [3.05, 3.63) is 52.1 Å². The number of aromatic nitrogens is 1. The van der Waals surface area contributed by atoms with Crippen LogP contribution < -0.4 is 4.74 Å². The number of hydrogen-bond donors (Lipinski definition) is 1. The number of aliphatic hydroxyl groups is 1. The molecule has 2 rings (SSSR count). The van der Waals surface area contributed by atoms with Gasteiger partial charge in [0.05, 0.1) is 6.10 Å². The fourth-order valence-electron chi connectivity index (χ4n) is 1.64. The monoisotopic (exact) mass is 307 g/mol. The molecule has 0 radical (unpaired) electrons. The lowest BCUT2D eigenvalue weighted by molar-refractivity contribution is 0.194. The van der Waals surface area contributed by atoms with E-state index in [-0.39, 0.29) is 0 Å². The smallest absolute Gasteiger partial charge is 0.225 e. The first-order valence-electron chi connectivity index (χ1n) is 5.65.